The Labute approximate surface area is 115 Å². The summed E-state index contributed by atoms with van der Waals surface area (Å²) < 4.78 is 6.27. The Bertz CT molecular complexity index is 301. The summed E-state index contributed by atoms with van der Waals surface area (Å²) in [6.07, 6.45) is 0.898. The van der Waals surface area contributed by atoms with Gasteiger partial charge in [0.25, 0.3) is 0 Å². The van der Waals surface area contributed by atoms with Crippen molar-refractivity contribution in [2.75, 3.05) is 13.7 Å². The van der Waals surface area contributed by atoms with Crippen LogP contribution >= 0.6 is 15.9 Å². The van der Waals surface area contributed by atoms with Gasteiger partial charge in [-0.25, -0.2) is 0 Å². The van der Waals surface area contributed by atoms with Crippen molar-refractivity contribution in [2.45, 2.75) is 41.0 Å². The minimum atomic E-state index is 0.672. The van der Waals surface area contributed by atoms with Crippen LogP contribution in [0.25, 0.3) is 0 Å². The highest BCUT2D eigenvalue weighted by molar-refractivity contribution is 9.10. The predicted molar refractivity (Wildman–Crippen MR) is 80.9 cm³/mol. The highest BCUT2D eigenvalue weighted by atomic mass is 79.9. The molecule has 1 aromatic carbocycles. The molecule has 0 saturated carbocycles. The molecule has 1 aromatic rings. The second-order valence-corrected chi connectivity index (χ2v) is 3.76. The molecule has 2 N–H and O–H groups in total. The monoisotopic (exact) mass is 303 g/mol. The van der Waals surface area contributed by atoms with E-state index in [1.165, 1.54) is 11.1 Å². The Morgan fingerprint density at radius 2 is 1.71 bits per heavy atom. The predicted octanol–water partition coefficient (Wildman–Crippen LogP) is 4.32. The minimum Gasteiger partial charge on any atom is -0.495 e. The van der Waals surface area contributed by atoms with E-state index in [9.17, 15) is 0 Å². The van der Waals surface area contributed by atoms with E-state index in [0.717, 1.165) is 16.6 Å². The first kappa shape index (κ1) is 18.8. The normalized spacial score (nSPS) is 8.47. The van der Waals surface area contributed by atoms with Crippen LogP contribution < -0.4 is 10.5 Å². The molecule has 0 fully saturated rings. The molecule has 100 valence electrons. The van der Waals surface area contributed by atoms with Gasteiger partial charge < -0.3 is 10.5 Å². The van der Waals surface area contributed by atoms with E-state index in [4.69, 9.17) is 10.5 Å². The maximum absolute atomic E-state index is 5.51. The van der Waals surface area contributed by atoms with E-state index < -0.39 is 0 Å². The van der Waals surface area contributed by atoms with Gasteiger partial charge in [0.1, 0.15) is 5.75 Å². The fourth-order valence-electron chi connectivity index (χ4n) is 1.38. The summed E-state index contributed by atoms with van der Waals surface area (Å²) in [4.78, 5) is 0. The van der Waals surface area contributed by atoms with Gasteiger partial charge in [-0.1, -0.05) is 33.8 Å². The SMILES string of the molecule is CC.CC.COc1c(Br)ccc(CCN)c1C. The van der Waals surface area contributed by atoms with Crippen LogP contribution in [0.1, 0.15) is 38.8 Å². The lowest BCUT2D eigenvalue weighted by atomic mass is 10.1. The Morgan fingerprint density at radius 3 is 2.12 bits per heavy atom. The molecule has 0 bridgehead atoms. The van der Waals surface area contributed by atoms with E-state index in [1.807, 2.05) is 33.8 Å². The van der Waals surface area contributed by atoms with E-state index in [2.05, 4.69) is 28.9 Å². The quantitative estimate of drug-likeness (QED) is 0.902. The van der Waals surface area contributed by atoms with Crippen LogP contribution in [-0.2, 0) is 6.42 Å². The van der Waals surface area contributed by atoms with E-state index in [1.54, 1.807) is 7.11 Å². The fraction of sp³-hybridized carbons (Fsp3) is 0.571. The number of hydrogen-bond donors (Lipinski definition) is 1. The second-order valence-electron chi connectivity index (χ2n) is 2.90. The summed E-state index contributed by atoms with van der Waals surface area (Å²) in [6.45, 7) is 10.7. The average Bonchev–Trinajstić information content (AvgIpc) is 2.39. The Morgan fingerprint density at radius 1 is 1.18 bits per heavy atom. The summed E-state index contributed by atoms with van der Waals surface area (Å²) in [7, 11) is 1.68. The van der Waals surface area contributed by atoms with Gasteiger partial charge in [-0.3, -0.25) is 0 Å². The second kappa shape index (κ2) is 11.9. The lowest BCUT2D eigenvalue weighted by Gasteiger charge is -2.11. The molecule has 0 aromatic heterocycles. The molecule has 0 amide bonds. The fourth-order valence-corrected chi connectivity index (χ4v) is 1.97. The number of benzene rings is 1. The highest BCUT2D eigenvalue weighted by Gasteiger charge is 2.07. The standard InChI is InChI=1S/C10H14BrNO.2C2H6/c1-7-8(5-6-12)3-4-9(11)10(7)13-2;2*1-2/h3-4H,5-6,12H2,1-2H3;2*1-2H3. The van der Waals surface area contributed by atoms with Gasteiger partial charge in [0.05, 0.1) is 11.6 Å². The molecule has 1 rings (SSSR count). The summed E-state index contributed by atoms with van der Waals surface area (Å²) in [6, 6.07) is 4.08. The van der Waals surface area contributed by atoms with Crippen LogP contribution in [0.5, 0.6) is 5.75 Å². The highest BCUT2D eigenvalue weighted by Crippen LogP contribution is 2.30. The van der Waals surface area contributed by atoms with Crippen molar-refractivity contribution in [1.82, 2.24) is 0 Å². The lowest BCUT2D eigenvalue weighted by molar-refractivity contribution is 0.408. The topological polar surface area (TPSA) is 35.2 Å². The number of methoxy groups -OCH3 is 1. The first-order valence-electron chi connectivity index (χ1n) is 6.22. The third-order valence-corrected chi connectivity index (χ3v) is 2.71. The van der Waals surface area contributed by atoms with Crippen molar-refractivity contribution >= 4 is 15.9 Å². The van der Waals surface area contributed by atoms with E-state index >= 15 is 0 Å². The molecule has 0 unspecified atom stereocenters. The summed E-state index contributed by atoms with van der Waals surface area (Å²) in [5, 5.41) is 0. The molecule has 0 aliphatic rings. The Hall–Kier alpha value is -0.540. The first-order chi connectivity index (χ1) is 8.20. The molecular weight excluding hydrogens is 278 g/mol. The summed E-state index contributed by atoms with van der Waals surface area (Å²) in [5.41, 5.74) is 7.93. The third-order valence-electron chi connectivity index (χ3n) is 2.09. The van der Waals surface area contributed by atoms with E-state index in [-0.39, 0.29) is 0 Å². The average molecular weight is 304 g/mol. The van der Waals surface area contributed by atoms with Crippen molar-refractivity contribution in [1.29, 1.82) is 0 Å². The molecule has 3 heteroatoms. The summed E-state index contributed by atoms with van der Waals surface area (Å²) >= 11 is 3.44. The maximum atomic E-state index is 5.51. The van der Waals surface area contributed by atoms with Crippen molar-refractivity contribution < 1.29 is 4.74 Å². The van der Waals surface area contributed by atoms with Crippen molar-refractivity contribution in [3.05, 3.63) is 27.7 Å². The first-order valence-corrected chi connectivity index (χ1v) is 7.02. The van der Waals surface area contributed by atoms with Crippen molar-refractivity contribution in [3.8, 4) is 5.75 Å². The number of nitrogens with two attached hydrogens (primary N) is 1. The minimum absolute atomic E-state index is 0.672. The lowest BCUT2D eigenvalue weighted by Crippen LogP contribution is -2.05. The van der Waals surface area contributed by atoms with Crippen LogP contribution in [0.4, 0.5) is 0 Å². The van der Waals surface area contributed by atoms with E-state index in [0.29, 0.717) is 6.54 Å². The van der Waals surface area contributed by atoms with Crippen LogP contribution in [0, 0.1) is 6.92 Å². The zero-order chi connectivity index (χ0) is 13.8. The molecule has 17 heavy (non-hydrogen) atoms. The molecule has 0 heterocycles. The van der Waals surface area contributed by atoms with Gasteiger partial charge in [-0.2, -0.15) is 0 Å². The Kier molecular flexibility index (Phi) is 13.2. The molecule has 2 nitrogen and oxygen atoms in total. The largest absolute Gasteiger partial charge is 0.495 e. The van der Waals surface area contributed by atoms with Crippen LogP contribution in [0.15, 0.2) is 16.6 Å². The number of hydrogen-bond acceptors (Lipinski definition) is 2. The molecule has 0 spiro atoms. The number of halogens is 1. The third kappa shape index (κ3) is 6.08. The van der Waals surface area contributed by atoms with Gasteiger partial charge >= 0.3 is 0 Å². The zero-order valence-electron chi connectivity index (χ0n) is 11.9. The molecule has 0 radical (unpaired) electrons. The number of rotatable bonds is 3. The van der Waals surface area contributed by atoms with Crippen LogP contribution in [-0.4, -0.2) is 13.7 Å². The van der Waals surface area contributed by atoms with Gasteiger partial charge in [-0.15, -0.1) is 0 Å². The van der Waals surface area contributed by atoms with Gasteiger partial charge in [0.15, 0.2) is 0 Å². The molecule has 0 aliphatic heterocycles. The number of ether oxygens (including phenoxy) is 1. The molecule has 0 saturated heterocycles. The zero-order valence-corrected chi connectivity index (χ0v) is 13.5. The van der Waals surface area contributed by atoms with Gasteiger partial charge in [0, 0.05) is 0 Å². The van der Waals surface area contributed by atoms with Crippen LogP contribution in [0.3, 0.4) is 0 Å². The molecule has 0 atom stereocenters. The molecule has 0 aliphatic carbocycles. The van der Waals surface area contributed by atoms with Gasteiger partial charge in [0.2, 0.25) is 0 Å². The Balaban J connectivity index is 0. The molecular formula is C14H26BrNO. The summed E-state index contributed by atoms with van der Waals surface area (Å²) in [5.74, 6) is 0.908. The van der Waals surface area contributed by atoms with Crippen molar-refractivity contribution in [3.63, 3.8) is 0 Å². The smallest absolute Gasteiger partial charge is 0.136 e. The van der Waals surface area contributed by atoms with Gasteiger partial charge in [-0.05, 0) is 53.0 Å². The van der Waals surface area contributed by atoms with Crippen LogP contribution in [0.2, 0.25) is 0 Å². The maximum Gasteiger partial charge on any atom is 0.136 e. The van der Waals surface area contributed by atoms with Crippen molar-refractivity contribution in [2.24, 2.45) is 5.73 Å².